The highest BCUT2D eigenvalue weighted by Crippen LogP contribution is 2.32. The summed E-state index contributed by atoms with van der Waals surface area (Å²) in [4.78, 5) is 12.7. The van der Waals surface area contributed by atoms with E-state index in [1.165, 1.54) is 11.1 Å². The van der Waals surface area contributed by atoms with E-state index in [0.717, 1.165) is 22.2 Å². The van der Waals surface area contributed by atoms with Crippen LogP contribution in [0.3, 0.4) is 0 Å². The number of anilines is 1. The van der Waals surface area contributed by atoms with Gasteiger partial charge in [-0.2, -0.15) is 10.2 Å². The number of amides is 1. The van der Waals surface area contributed by atoms with Crippen LogP contribution in [0.15, 0.2) is 54.7 Å². The number of nitrogens with zero attached hydrogens (tertiary/aromatic N) is 4. The molecule has 0 fully saturated rings. The third-order valence-corrected chi connectivity index (χ3v) is 4.95. The third kappa shape index (κ3) is 3.17. The van der Waals surface area contributed by atoms with Crippen molar-refractivity contribution in [1.29, 1.82) is 0 Å². The largest absolute Gasteiger partial charge is 0.309 e. The molecular weight excluding hydrogens is 350 g/mol. The topological polar surface area (TPSA) is 64.7 Å². The minimum absolute atomic E-state index is 0.128. The van der Waals surface area contributed by atoms with Crippen LogP contribution in [0.1, 0.15) is 18.1 Å². The number of nitrogens with one attached hydrogen (secondary N) is 1. The van der Waals surface area contributed by atoms with Crippen molar-refractivity contribution in [3.8, 4) is 11.3 Å². The van der Waals surface area contributed by atoms with Gasteiger partial charge in [0.2, 0.25) is 5.91 Å². The molecule has 2 aromatic heterocycles. The Morgan fingerprint density at radius 3 is 2.50 bits per heavy atom. The fraction of sp³-hybridized carbons (Fsp3) is 0.227. The Hall–Kier alpha value is -3.41. The molecule has 0 bridgehead atoms. The molecule has 0 saturated heterocycles. The summed E-state index contributed by atoms with van der Waals surface area (Å²) in [6.07, 6.45) is 1.68. The average molecular weight is 373 g/mol. The van der Waals surface area contributed by atoms with E-state index in [9.17, 15) is 4.79 Å². The normalized spacial score (nSPS) is 11.1. The van der Waals surface area contributed by atoms with E-state index < -0.39 is 0 Å². The van der Waals surface area contributed by atoms with Crippen molar-refractivity contribution in [2.45, 2.75) is 33.9 Å². The Balaban J connectivity index is 1.72. The Kier molecular flexibility index (Phi) is 4.69. The van der Waals surface area contributed by atoms with Crippen molar-refractivity contribution >= 4 is 22.6 Å². The number of hydrogen-bond acceptors (Lipinski definition) is 3. The molecule has 142 valence electrons. The molecule has 0 saturated carbocycles. The molecule has 28 heavy (non-hydrogen) atoms. The highest BCUT2D eigenvalue weighted by molar-refractivity contribution is 5.96. The lowest BCUT2D eigenvalue weighted by Gasteiger charge is -2.08. The predicted octanol–water partition coefficient (Wildman–Crippen LogP) is 4.18. The Labute approximate surface area is 163 Å². The number of para-hydroxylation sites is 1. The van der Waals surface area contributed by atoms with Gasteiger partial charge < -0.3 is 5.32 Å². The molecule has 6 heteroatoms. The van der Waals surface area contributed by atoms with E-state index >= 15 is 0 Å². The molecule has 0 radical (unpaired) electrons. The first-order valence-corrected chi connectivity index (χ1v) is 9.42. The molecule has 1 N–H and O–H groups in total. The van der Waals surface area contributed by atoms with Crippen molar-refractivity contribution in [3.05, 3.63) is 65.9 Å². The quantitative estimate of drug-likeness (QED) is 0.571. The molecule has 0 spiro atoms. The molecule has 1 amide bonds. The highest BCUT2D eigenvalue weighted by atomic mass is 16.2. The van der Waals surface area contributed by atoms with Gasteiger partial charge in [0.1, 0.15) is 18.1 Å². The van der Waals surface area contributed by atoms with Crippen molar-refractivity contribution in [3.63, 3.8) is 0 Å². The summed E-state index contributed by atoms with van der Waals surface area (Å²) in [6, 6.07) is 16.1. The van der Waals surface area contributed by atoms with Crippen LogP contribution in [0.25, 0.3) is 22.2 Å². The molecule has 0 atom stereocenters. The summed E-state index contributed by atoms with van der Waals surface area (Å²) in [5.74, 6) is 0.565. The Morgan fingerprint density at radius 2 is 1.75 bits per heavy atom. The first kappa shape index (κ1) is 18.0. The maximum Gasteiger partial charge on any atom is 0.247 e. The lowest BCUT2D eigenvalue weighted by molar-refractivity contribution is -0.116. The number of aryl methyl sites for hydroxylation is 3. The van der Waals surface area contributed by atoms with Crippen LogP contribution in [0.5, 0.6) is 0 Å². The van der Waals surface area contributed by atoms with E-state index in [0.29, 0.717) is 12.4 Å². The zero-order valence-electron chi connectivity index (χ0n) is 16.3. The first-order chi connectivity index (χ1) is 13.6. The molecular formula is C22H23N5O. The van der Waals surface area contributed by atoms with Gasteiger partial charge in [0.15, 0.2) is 0 Å². The van der Waals surface area contributed by atoms with E-state index in [1.807, 2.05) is 25.1 Å². The van der Waals surface area contributed by atoms with Crippen molar-refractivity contribution < 1.29 is 4.79 Å². The second kappa shape index (κ2) is 7.31. The van der Waals surface area contributed by atoms with Crippen LogP contribution in [0, 0.1) is 13.8 Å². The molecule has 4 aromatic rings. The highest BCUT2D eigenvalue weighted by Gasteiger charge is 2.17. The number of fused-ring (bicyclic) bond motifs is 1. The van der Waals surface area contributed by atoms with Gasteiger partial charge in [0.25, 0.3) is 0 Å². The van der Waals surface area contributed by atoms with Crippen LogP contribution in [0.2, 0.25) is 0 Å². The first-order valence-electron chi connectivity index (χ1n) is 9.42. The molecule has 2 heterocycles. The minimum Gasteiger partial charge on any atom is -0.309 e. The second-order valence-corrected chi connectivity index (χ2v) is 6.87. The minimum atomic E-state index is -0.128. The van der Waals surface area contributed by atoms with Gasteiger partial charge in [0.05, 0.1) is 11.7 Å². The van der Waals surface area contributed by atoms with Gasteiger partial charge in [-0.05, 0) is 38.0 Å². The maximum atomic E-state index is 12.7. The molecule has 2 aromatic carbocycles. The van der Waals surface area contributed by atoms with Crippen LogP contribution in [-0.2, 0) is 17.9 Å². The second-order valence-electron chi connectivity index (χ2n) is 6.87. The summed E-state index contributed by atoms with van der Waals surface area (Å²) < 4.78 is 3.53. The van der Waals surface area contributed by atoms with Crippen LogP contribution in [-0.4, -0.2) is 25.5 Å². The Morgan fingerprint density at radius 1 is 1.00 bits per heavy atom. The fourth-order valence-corrected chi connectivity index (χ4v) is 3.63. The van der Waals surface area contributed by atoms with Gasteiger partial charge in [-0.1, -0.05) is 36.4 Å². The number of benzene rings is 2. The molecule has 0 unspecified atom stereocenters. The number of aromatic nitrogens is 4. The van der Waals surface area contributed by atoms with Crippen molar-refractivity contribution in [2.75, 3.05) is 5.32 Å². The van der Waals surface area contributed by atoms with E-state index in [-0.39, 0.29) is 12.5 Å². The number of rotatable bonds is 5. The van der Waals surface area contributed by atoms with Gasteiger partial charge in [-0.25, -0.2) is 4.68 Å². The summed E-state index contributed by atoms with van der Waals surface area (Å²) >= 11 is 0. The maximum absolute atomic E-state index is 12.7. The van der Waals surface area contributed by atoms with Gasteiger partial charge in [0, 0.05) is 23.6 Å². The molecule has 4 rings (SSSR count). The molecule has 0 aliphatic heterocycles. The molecule has 0 aliphatic rings. The SMILES string of the molecule is CCn1nccc1NC(=O)Cn1nc(-c2c(C)cccc2C)c2ccccc21. The number of carbonyl (C=O) groups excluding carboxylic acids is 1. The van der Waals surface area contributed by atoms with Crippen LogP contribution >= 0.6 is 0 Å². The summed E-state index contributed by atoms with van der Waals surface area (Å²) in [5, 5.41) is 13.0. The number of hydrogen-bond donors (Lipinski definition) is 1. The number of carbonyl (C=O) groups is 1. The van der Waals surface area contributed by atoms with Crippen molar-refractivity contribution in [1.82, 2.24) is 19.6 Å². The lowest BCUT2D eigenvalue weighted by Crippen LogP contribution is -2.21. The van der Waals surface area contributed by atoms with E-state index in [1.54, 1.807) is 21.6 Å². The van der Waals surface area contributed by atoms with E-state index in [4.69, 9.17) is 5.10 Å². The molecule has 0 aliphatic carbocycles. The van der Waals surface area contributed by atoms with Gasteiger partial charge in [-0.3, -0.25) is 9.48 Å². The summed E-state index contributed by atoms with van der Waals surface area (Å²) in [7, 11) is 0. The lowest BCUT2D eigenvalue weighted by atomic mass is 9.98. The summed E-state index contributed by atoms with van der Waals surface area (Å²) in [6.45, 7) is 7.01. The predicted molar refractivity (Wildman–Crippen MR) is 111 cm³/mol. The Bertz CT molecular complexity index is 1130. The standard InChI is InChI=1S/C22H23N5O/c1-4-26-19(12-13-23-26)24-20(28)14-27-18-11-6-5-10-17(18)22(25-27)21-15(2)8-7-9-16(21)3/h5-13H,4,14H2,1-3H3,(H,24,28). The smallest absolute Gasteiger partial charge is 0.247 e. The van der Waals surface area contributed by atoms with Crippen molar-refractivity contribution in [2.24, 2.45) is 0 Å². The van der Waals surface area contributed by atoms with E-state index in [2.05, 4.69) is 48.5 Å². The fourth-order valence-electron chi connectivity index (χ4n) is 3.63. The zero-order valence-corrected chi connectivity index (χ0v) is 16.3. The van der Waals surface area contributed by atoms with Crippen LogP contribution < -0.4 is 5.32 Å². The van der Waals surface area contributed by atoms with Gasteiger partial charge >= 0.3 is 0 Å². The summed E-state index contributed by atoms with van der Waals surface area (Å²) in [5.41, 5.74) is 5.33. The monoisotopic (exact) mass is 373 g/mol. The third-order valence-electron chi connectivity index (χ3n) is 4.95. The van der Waals surface area contributed by atoms with Crippen LogP contribution in [0.4, 0.5) is 5.82 Å². The molecule has 6 nitrogen and oxygen atoms in total. The van der Waals surface area contributed by atoms with Gasteiger partial charge in [-0.15, -0.1) is 0 Å². The zero-order chi connectivity index (χ0) is 19.7. The average Bonchev–Trinajstić information content (AvgIpc) is 3.27.